The van der Waals surface area contributed by atoms with Gasteiger partial charge in [-0.1, -0.05) is 6.08 Å². The normalized spacial score (nSPS) is 17.7. The summed E-state index contributed by atoms with van der Waals surface area (Å²) in [5.41, 5.74) is -0.971. The Balaban J connectivity index is 3.19. The number of carbonyl (C=O) groups is 3. The van der Waals surface area contributed by atoms with Crippen molar-refractivity contribution in [1.82, 2.24) is 5.06 Å². The number of ether oxygens (including phenoxy) is 3. The lowest BCUT2D eigenvalue weighted by Crippen LogP contribution is -2.40. The lowest BCUT2D eigenvalue weighted by Gasteiger charge is -2.26. The molecule has 0 saturated carbocycles. The largest absolute Gasteiger partial charge is 0.465 e. The summed E-state index contributed by atoms with van der Waals surface area (Å²) in [7, 11) is 2.26. The quantitative estimate of drug-likeness (QED) is 0.441. The first-order valence-electron chi connectivity index (χ1n) is 6.39. The molecule has 0 fully saturated rings. The van der Waals surface area contributed by atoms with Crippen molar-refractivity contribution in [3.05, 3.63) is 24.0 Å². The van der Waals surface area contributed by atoms with E-state index in [1.807, 2.05) is 0 Å². The monoisotopic (exact) mass is 313 g/mol. The molecule has 0 saturated heterocycles. The Labute approximate surface area is 128 Å². The molecule has 1 amide bonds. The molecule has 0 spiro atoms. The van der Waals surface area contributed by atoms with Crippen molar-refractivity contribution in [3.63, 3.8) is 0 Å². The zero-order valence-corrected chi connectivity index (χ0v) is 13.2. The fraction of sp³-hybridized carbons (Fsp3) is 0.500. The number of hydrogen-bond acceptors (Lipinski definition) is 7. The molecule has 0 N–H and O–H groups in total. The lowest BCUT2D eigenvalue weighted by atomic mass is 10.1. The number of esters is 2. The van der Waals surface area contributed by atoms with Crippen LogP contribution in [0.1, 0.15) is 20.8 Å². The van der Waals surface area contributed by atoms with Crippen molar-refractivity contribution in [2.75, 3.05) is 14.2 Å². The van der Waals surface area contributed by atoms with Gasteiger partial charge in [0.2, 0.25) is 0 Å². The highest BCUT2D eigenvalue weighted by molar-refractivity contribution is 6.01. The van der Waals surface area contributed by atoms with Gasteiger partial charge in [0.15, 0.2) is 0 Å². The summed E-state index contributed by atoms with van der Waals surface area (Å²) in [6.45, 7) is 8.53. The molecule has 1 heterocycles. The maximum Gasteiger partial charge on any atom is 0.444 e. The molecule has 0 aliphatic carbocycles. The average Bonchev–Trinajstić information content (AvgIpc) is 2.83. The lowest BCUT2D eigenvalue weighted by molar-refractivity contribution is -0.151. The van der Waals surface area contributed by atoms with Crippen LogP contribution in [0, 0.1) is 0 Å². The summed E-state index contributed by atoms with van der Waals surface area (Å²) in [6, 6.07) is -1.03. The van der Waals surface area contributed by atoms with E-state index >= 15 is 0 Å². The summed E-state index contributed by atoms with van der Waals surface area (Å²) >= 11 is 0. The van der Waals surface area contributed by atoms with E-state index < -0.39 is 35.4 Å². The van der Waals surface area contributed by atoms with Gasteiger partial charge < -0.3 is 19.0 Å². The van der Waals surface area contributed by atoms with E-state index in [9.17, 15) is 14.4 Å². The smallest absolute Gasteiger partial charge is 0.444 e. The minimum absolute atomic E-state index is 0.185. The number of nitrogens with zero attached hydrogens (tertiary/aromatic N) is 1. The van der Waals surface area contributed by atoms with Gasteiger partial charge in [0.25, 0.3) is 5.76 Å². The van der Waals surface area contributed by atoms with E-state index in [2.05, 4.69) is 16.1 Å². The van der Waals surface area contributed by atoms with Crippen LogP contribution in [-0.2, 0) is 28.6 Å². The van der Waals surface area contributed by atoms with Gasteiger partial charge in [-0.2, -0.15) is 0 Å². The molecule has 0 aromatic carbocycles. The third-order valence-electron chi connectivity index (χ3n) is 2.56. The van der Waals surface area contributed by atoms with Gasteiger partial charge in [0, 0.05) is 0 Å². The Morgan fingerprint density at radius 2 is 1.73 bits per heavy atom. The van der Waals surface area contributed by atoms with E-state index in [0.717, 1.165) is 19.3 Å². The predicted molar refractivity (Wildman–Crippen MR) is 74.2 cm³/mol. The molecule has 1 aliphatic heterocycles. The van der Waals surface area contributed by atoms with Gasteiger partial charge in [-0.25, -0.2) is 14.4 Å². The maximum atomic E-state index is 12.1. The molecule has 0 aromatic heterocycles. The molecule has 1 aliphatic rings. The van der Waals surface area contributed by atoms with Gasteiger partial charge in [-0.3, -0.25) is 0 Å². The fourth-order valence-electron chi connectivity index (χ4n) is 1.69. The summed E-state index contributed by atoms with van der Waals surface area (Å²) in [6.07, 6.45) is 0.379. The predicted octanol–water partition coefficient (Wildman–Crippen LogP) is 1.32. The van der Waals surface area contributed by atoms with E-state index in [1.54, 1.807) is 20.8 Å². The third kappa shape index (κ3) is 3.57. The summed E-state index contributed by atoms with van der Waals surface area (Å²) in [5, 5.41) is 0.733. The molecule has 122 valence electrons. The summed E-state index contributed by atoms with van der Waals surface area (Å²) < 4.78 is 14.3. The minimum Gasteiger partial charge on any atom is -0.465 e. The van der Waals surface area contributed by atoms with Gasteiger partial charge in [-0.05, 0) is 20.8 Å². The third-order valence-corrected chi connectivity index (χ3v) is 2.56. The molecule has 0 radical (unpaired) electrons. The summed E-state index contributed by atoms with van der Waals surface area (Å²) in [5.74, 6) is -2.19. The number of hydrogen-bond donors (Lipinski definition) is 0. The summed E-state index contributed by atoms with van der Waals surface area (Å²) in [4.78, 5) is 40.9. The molecule has 0 bridgehead atoms. The zero-order chi connectivity index (χ0) is 17.1. The van der Waals surface area contributed by atoms with Crippen molar-refractivity contribution < 1.29 is 33.4 Å². The van der Waals surface area contributed by atoms with Crippen LogP contribution in [0.3, 0.4) is 0 Å². The topological polar surface area (TPSA) is 91.4 Å². The number of hydroxylamine groups is 2. The number of rotatable bonds is 3. The van der Waals surface area contributed by atoms with Gasteiger partial charge in [0.1, 0.15) is 17.2 Å². The van der Waals surface area contributed by atoms with Gasteiger partial charge >= 0.3 is 18.0 Å². The van der Waals surface area contributed by atoms with Crippen LogP contribution in [0.5, 0.6) is 0 Å². The maximum absolute atomic E-state index is 12.1. The van der Waals surface area contributed by atoms with Crippen molar-refractivity contribution in [2.24, 2.45) is 0 Å². The molecule has 8 heteroatoms. The zero-order valence-electron chi connectivity index (χ0n) is 13.2. The van der Waals surface area contributed by atoms with Crippen molar-refractivity contribution in [1.29, 1.82) is 0 Å². The van der Waals surface area contributed by atoms with E-state index in [1.165, 1.54) is 6.08 Å². The second-order valence-corrected chi connectivity index (χ2v) is 5.30. The highest BCUT2D eigenvalue weighted by atomic mass is 16.7. The van der Waals surface area contributed by atoms with E-state index in [-0.39, 0.29) is 5.57 Å². The second-order valence-electron chi connectivity index (χ2n) is 5.30. The van der Waals surface area contributed by atoms with E-state index in [4.69, 9.17) is 9.57 Å². The van der Waals surface area contributed by atoms with Crippen LogP contribution < -0.4 is 0 Å². The van der Waals surface area contributed by atoms with Crippen LogP contribution in [0.25, 0.3) is 0 Å². The molecular weight excluding hydrogens is 294 g/mol. The minimum atomic E-state index is -1.03. The molecule has 1 rings (SSSR count). The first kappa shape index (κ1) is 17.5. The molecule has 1 unspecified atom stereocenters. The Morgan fingerprint density at radius 1 is 1.18 bits per heavy atom. The standard InChI is InChI=1S/C14H19NO7/c1-7-8-9(11(16)19-5)10(12(17)20-6)22-15(8)13(18)21-14(2,3)4/h7-8H,1H2,2-6H3. The van der Waals surface area contributed by atoms with Crippen molar-refractivity contribution in [3.8, 4) is 0 Å². The van der Waals surface area contributed by atoms with Crippen LogP contribution >= 0.6 is 0 Å². The SMILES string of the molecule is C=CC1C(C(=O)OC)=C(C(=O)OC)ON1C(=O)OC(C)(C)C. The fourth-order valence-corrected chi connectivity index (χ4v) is 1.69. The first-order chi connectivity index (χ1) is 10.2. The van der Waals surface area contributed by atoms with Gasteiger partial charge in [0.05, 0.1) is 14.2 Å². The molecule has 22 heavy (non-hydrogen) atoms. The Kier molecular flexibility index (Phi) is 5.19. The number of methoxy groups -OCH3 is 2. The Hall–Kier alpha value is -2.51. The van der Waals surface area contributed by atoms with Crippen LogP contribution in [0.2, 0.25) is 0 Å². The number of amides is 1. The highest BCUT2D eigenvalue weighted by Gasteiger charge is 2.45. The molecular formula is C14H19NO7. The van der Waals surface area contributed by atoms with E-state index in [0.29, 0.717) is 0 Å². The molecule has 1 atom stereocenters. The van der Waals surface area contributed by atoms with Crippen LogP contribution in [0.4, 0.5) is 4.79 Å². The van der Waals surface area contributed by atoms with Crippen LogP contribution in [-0.4, -0.2) is 49.0 Å². The first-order valence-corrected chi connectivity index (χ1v) is 6.39. The Bertz CT molecular complexity index is 530. The van der Waals surface area contributed by atoms with Crippen LogP contribution in [0.15, 0.2) is 24.0 Å². The van der Waals surface area contributed by atoms with Gasteiger partial charge in [-0.15, -0.1) is 11.6 Å². The second kappa shape index (κ2) is 6.50. The highest BCUT2D eigenvalue weighted by Crippen LogP contribution is 2.30. The number of carbonyl (C=O) groups excluding carboxylic acids is 3. The average molecular weight is 313 g/mol. The molecule has 8 nitrogen and oxygen atoms in total. The Morgan fingerprint density at radius 3 is 2.14 bits per heavy atom. The molecule has 0 aromatic rings. The van der Waals surface area contributed by atoms with Crippen molar-refractivity contribution in [2.45, 2.75) is 32.4 Å². The van der Waals surface area contributed by atoms with Crippen molar-refractivity contribution >= 4 is 18.0 Å².